The van der Waals surface area contributed by atoms with Gasteiger partial charge >= 0.3 is 0 Å². The first kappa shape index (κ1) is 23.1. The molecule has 2 unspecified atom stereocenters. The lowest BCUT2D eigenvalue weighted by atomic mass is 9.87. The average molecular weight is 497 g/mol. The van der Waals surface area contributed by atoms with E-state index < -0.39 is 11.4 Å². The maximum atomic E-state index is 13.2. The number of rotatable bonds is 5. The summed E-state index contributed by atoms with van der Waals surface area (Å²) in [5.74, 6) is 0.624. The van der Waals surface area contributed by atoms with Gasteiger partial charge in [-0.2, -0.15) is 0 Å². The highest BCUT2D eigenvalue weighted by molar-refractivity contribution is 7.91. The fraction of sp³-hybridized carbons (Fsp3) is 0.375. The summed E-state index contributed by atoms with van der Waals surface area (Å²) in [6.45, 7) is 7.30. The number of anilines is 3. The van der Waals surface area contributed by atoms with Crippen LogP contribution in [-0.4, -0.2) is 50.9 Å². The van der Waals surface area contributed by atoms with Crippen LogP contribution in [-0.2, 0) is 11.4 Å². The van der Waals surface area contributed by atoms with Gasteiger partial charge in [0.05, 0.1) is 39.9 Å². The molecule has 0 saturated carbocycles. The van der Waals surface area contributed by atoms with Crippen LogP contribution in [0.2, 0.25) is 0 Å². The highest BCUT2D eigenvalue weighted by Crippen LogP contribution is 2.43. The third-order valence-corrected chi connectivity index (χ3v) is 9.58. The first-order chi connectivity index (χ1) is 16.3. The van der Waals surface area contributed by atoms with Crippen LogP contribution in [0.15, 0.2) is 46.8 Å². The summed E-state index contributed by atoms with van der Waals surface area (Å²) in [7, 11) is 0. The van der Waals surface area contributed by atoms with Crippen LogP contribution in [0.5, 0.6) is 0 Å². The van der Waals surface area contributed by atoms with E-state index in [1.165, 1.54) is 11.3 Å². The van der Waals surface area contributed by atoms with Gasteiger partial charge in [0.15, 0.2) is 0 Å². The fourth-order valence-electron chi connectivity index (χ4n) is 4.80. The van der Waals surface area contributed by atoms with Crippen molar-refractivity contribution >= 4 is 45.8 Å². The highest BCUT2D eigenvalue weighted by atomic mass is 32.2. The van der Waals surface area contributed by atoms with E-state index in [-0.39, 0.29) is 11.3 Å². The van der Waals surface area contributed by atoms with Crippen LogP contribution < -0.4 is 16.0 Å². The molecule has 2 atom stereocenters. The second-order valence-corrected chi connectivity index (χ2v) is 12.0. The number of nitrogen functional groups attached to an aromatic ring is 1. The van der Waals surface area contributed by atoms with Crippen LogP contribution in [0.25, 0.3) is 0 Å². The van der Waals surface area contributed by atoms with Crippen molar-refractivity contribution in [3.63, 3.8) is 0 Å². The Hall–Kier alpha value is -2.66. The van der Waals surface area contributed by atoms with Crippen LogP contribution >= 0.6 is 11.3 Å². The Labute approximate surface area is 206 Å². The molecule has 34 heavy (non-hydrogen) atoms. The largest absolute Gasteiger partial charge is 0.592 e. The minimum absolute atomic E-state index is 0.117. The molecule has 2 saturated heterocycles. The molecular weight excluding hydrogens is 468 g/mol. The summed E-state index contributed by atoms with van der Waals surface area (Å²) in [5, 5.41) is 3.79. The molecule has 5 rings (SSSR count). The number of pyridine rings is 1. The predicted molar refractivity (Wildman–Crippen MR) is 136 cm³/mol. The number of amides is 1. The molecule has 4 heterocycles. The van der Waals surface area contributed by atoms with Crippen molar-refractivity contribution in [1.29, 1.82) is 0 Å². The molecule has 1 aromatic carbocycles. The van der Waals surface area contributed by atoms with Gasteiger partial charge in [0, 0.05) is 31.2 Å². The van der Waals surface area contributed by atoms with Gasteiger partial charge in [0.25, 0.3) is 10.1 Å². The molecule has 10 heteroatoms. The third-order valence-electron chi connectivity index (χ3n) is 6.64. The summed E-state index contributed by atoms with van der Waals surface area (Å²) in [6.07, 6.45) is 3.67. The number of nitrogens with one attached hydrogen (secondary N) is 1. The molecule has 2 aliphatic rings. The van der Waals surface area contributed by atoms with E-state index in [0.29, 0.717) is 16.9 Å². The van der Waals surface area contributed by atoms with Crippen molar-refractivity contribution in [2.45, 2.75) is 30.9 Å². The van der Waals surface area contributed by atoms with Gasteiger partial charge < -0.3 is 20.5 Å². The van der Waals surface area contributed by atoms with Gasteiger partial charge in [0.2, 0.25) is 0 Å². The number of nitrogens with zero attached hydrogens (tertiary/aromatic N) is 4. The molecule has 1 amide bonds. The van der Waals surface area contributed by atoms with Crippen LogP contribution in [0.1, 0.15) is 33.9 Å². The van der Waals surface area contributed by atoms with Crippen LogP contribution in [0.4, 0.5) is 17.2 Å². The summed E-state index contributed by atoms with van der Waals surface area (Å²) in [4.78, 5) is 23.9. The number of aryl methyl sites for hydroxylation is 2. The maximum absolute atomic E-state index is 13.2. The monoisotopic (exact) mass is 496 g/mol. The zero-order valence-corrected chi connectivity index (χ0v) is 20.9. The van der Waals surface area contributed by atoms with Crippen LogP contribution in [0, 0.1) is 19.3 Å². The van der Waals surface area contributed by atoms with Crippen molar-refractivity contribution in [2.24, 2.45) is 5.41 Å². The molecule has 8 nitrogen and oxygen atoms in total. The van der Waals surface area contributed by atoms with E-state index in [0.717, 1.165) is 59.7 Å². The standard InChI is InChI=1S/C24H28N6O2S2/c1-16-23(33-17(2)27-16)34(32)30-12-10-24(15-30)9-11-29(14-24)21-8-7-18(13-26-21)22(31)28-20-6-4-3-5-19(20)25/h3-8,13H,9-12,14-15,25H2,1-2H3,(H,28,31). The molecule has 0 bridgehead atoms. The maximum Gasteiger partial charge on any atom is 0.257 e. The second-order valence-electron chi connectivity index (χ2n) is 9.09. The number of aromatic nitrogens is 2. The van der Waals surface area contributed by atoms with Gasteiger partial charge in [-0.3, -0.25) is 4.79 Å². The van der Waals surface area contributed by atoms with Gasteiger partial charge in [-0.15, -0.1) is 4.31 Å². The highest BCUT2D eigenvalue weighted by Gasteiger charge is 2.48. The molecule has 0 radical (unpaired) electrons. The molecule has 3 aromatic rings. The lowest BCUT2D eigenvalue weighted by molar-refractivity contribution is 0.102. The Kier molecular flexibility index (Phi) is 6.24. The van der Waals surface area contributed by atoms with Gasteiger partial charge in [-0.25, -0.2) is 9.97 Å². The second kappa shape index (κ2) is 9.18. The van der Waals surface area contributed by atoms with Crippen molar-refractivity contribution in [2.75, 3.05) is 42.1 Å². The number of para-hydroxylation sites is 2. The molecule has 2 aliphatic heterocycles. The molecule has 2 fully saturated rings. The fourth-order valence-corrected chi connectivity index (χ4v) is 7.59. The molecule has 2 aromatic heterocycles. The smallest absolute Gasteiger partial charge is 0.257 e. The minimum Gasteiger partial charge on any atom is -0.592 e. The van der Waals surface area contributed by atoms with Gasteiger partial charge in [-0.1, -0.05) is 23.5 Å². The molecular formula is C24H28N6O2S2. The first-order valence-corrected chi connectivity index (χ1v) is 13.2. The first-order valence-electron chi connectivity index (χ1n) is 11.3. The summed E-state index contributed by atoms with van der Waals surface area (Å²) in [6, 6.07) is 10.9. The Balaban J connectivity index is 1.22. The van der Waals surface area contributed by atoms with Crippen molar-refractivity contribution < 1.29 is 9.35 Å². The van der Waals surface area contributed by atoms with Crippen molar-refractivity contribution in [1.82, 2.24) is 14.3 Å². The summed E-state index contributed by atoms with van der Waals surface area (Å²) in [5.41, 5.74) is 8.50. The molecule has 0 aliphatic carbocycles. The Bertz CT molecular complexity index is 1200. The number of hydrogen-bond donors (Lipinski definition) is 2. The predicted octanol–water partition coefficient (Wildman–Crippen LogP) is 3.61. The normalized spacial score (nSPS) is 21.3. The van der Waals surface area contributed by atoms with Crippen molar-refractivity contribution in [3.8, 4) is 0 Å². The lowest BCUT2D eigenvalue weighted by Gasteiger charge is -2.25. The number of carbonyl (C=O) groups is 1. The molecule has 1 spiro atoms. The summed E-state index contributed by atoms with van der Waals surface area (Å²) >= 11 is 0.377. The Morgan fingerprint density at radius 3 is 2.68 bits per heavy atom. The zero-order valence-electron chi connectivity index (χ0n) is 19.3. The lowest BCUT2D eigenvalue weighted by Crippen LogP contribution is -2.34. The topological polar surface area (TPSA) is 110 Å². The number of thiazole rings is 1. The van der Waals surface area contributed by atoms with E-state index in [1.54, 1.807) is 24.4 Å². The average Bonchev–Trinajstić information content (AvgIpc) is 3.54. The molecule has 178 valence electrons. The Morgan fingerprint density at radius 1 is 1.18 bits per heavy atom. The zero-order chi connectivity index (χ0) is 23.9. The van der Waals surface area contributed by atoms with Gasteiger partial charge in [-0.05, 0) is 51.0 Å². The number of hydrogen-bond acceptors (Lipinski definition) is 8. The van der Waals surface area contributed by atoms with Gasteiger partial charge in [0.1, 0.15) is 11.5 Å². The van der Waals surface area contributed by atoms with Crippen molar-refractivity contribution in [3.05, 3.63) is 58.9 Å². The Morgan fingerprint density at radius 2 is 1.97 bits per heavy atom. The summed E-state index contributed by atoms with van der Waals surface area (Å²) < 4.78 is 16.1. The van der Waals surface area contributed by atoms with E-state index in [1.807, 2.05) is 32.0 Å². The van der Waals surface area contributed by atoms with E-state index in [4.69, 9.17) is 5.73 Å². The number of carbonyl (C=O) groups excluding carboxylic acids is 1. The van der Waals surface area contributed by atoms with E-state index >= 15 is 0 Å². The quantitative estimate of drug-likeness (QED) is 0.410. The van der Waals surface area contributed by atoms with E-state index in [2.05, 4.69) is 24.5 Å². The third kappa shape index (κ3) is 4.50. The number of benzene rings is 1. The molecule has 3 N–H and O–H groups in total. The minimum atomic E-state index is -1.15. The van der Waals surface area contributed by atoms with Crippen LogP contribution in [0.3, 0.4) is 0 Å². The van der Waals surface area contributed by atoms with E-state index in [9.17, 15) is 9.35 Å². The SMILES string of the molecule is Cc1nc(C)c([S+]([O-])N2CCC3(CCN(c4ccc(C(=O)Nc5ccccc5N)cn4)C3)C2)s1. The number of nitrogens with two attached hydrogens (primary N) is 1.